The lowest BCUT2D eigenvalue weighted by molar-refractivity contribution is -0.0391. The van der Waals surface area contributed by atoms with Crippen molar-refractivity contribution in [1.29, 1.82) is 0 Å². The molecule has 1 aliphatic heterocycles. The van der Waals surface area contributed by atoms with Gasteiger partial charge in [-0.3, -0.25) is 0 Å². The van der Waals surface area contributed by atoms with Crippen molar-refractivity contribution in [2.45, 2.75) is 19.1 Å². The van der Waals surface area contributed by atoms with Crippen molar-refractivity contribution in [1.82, 2.24) is 10.2 Å². The van der Waals surface area contributed by atoms with E-state index in [1.54, 1.807) is 12.5 Å². The standard InChI is InChI=1S/C12H20N2O2/c1-3-13-12(10-4-6-15-9-10)11-8-14(2)5-7-16-11/h4,6,9,11-13H,3,5,7-8H2,1-2H3. The van der Waals surface area contributed by atoms with Crippen molar-refractivity contribution in [2.75, 3.05) is 33.3 Å². The van der Waals surface area contributed by atoms with Crippen LogP contribution in [0.1, 0.15) is 18.5 Å². The van der Waals surface area contributed by atoms with Crippen LogP contribution in [-0.2, 0) is 4.74 Å². The summed E-state index contributed by atoms with van der Waals surface area (Å²) in [5.74, 6) is 0. The van der Waals surface area contributed by atoms with Crippen LogP contribution in [0.3, 0.4) is 0 Å². The third-order valence-corrected chi connectivity index (χ3v) is 2.99. The maximum atomic E-state index is 5.84. The first-order valence-corrected chi connectivity index (χ1v) is 5.87. The molecule has 90 valence electrons. The van der Waals surface area contributed by atoms with E-state index in [1.165, 1.54) is 5.56 Å². The summed E-state index contributed by atoms with van der Waals surface area (Å²) in [5.41, 5.74) is 1.17. The van der Waals surface area contributed by atoms with E-state index in [0.717, 1.165) is 26.2 Å². The summed E-state index contributed by atoms with van der Waals surface area (Å²) in [7, 11) is 2.13. The van der Waals surface area contributed by atoms with Crippen LogP contribution in [0.5, 0.6) is 0 Å². The predicted molar refractivity (Wildman–Crippen MR) is 62.4 cm³/mol. The highest BCUT2D eigenvalue weighted by atomic mass is 16.5. The Labute approximate surface area is 96.6 Å². The third kappa shape index (κ3) is 2.64. The minimum atomic E-state index is 0.205. The van der Waals surface area contributed by atoms with Gasteiger partial charge in [-0.05, 0) is 19.7 Å². The van der Waals surface area contributed by atoms with Crippen molar-refractivity contribution in [3.05, 3.63) is 24.2 Å². The number of nitrogens with one attached hydrogen (secondary N) is 1. The Bertz CT molecular complexity index is 300. The van der Waals surface area contributed by atoms with Crippen LogP contribution >= 0.6 is 0 Å². The van der Waals surface area contributed by atoms with Crippen LogP contribution in [0.15, 0.2) is 23.0 Å². The summed E-state index contributed by atoms with van der Waals surface area (Å²) < 4.78 is 11.0. The molecule has 0 aromatic carbocycles. The normalized spacial score (nSPS) is 24.5. The highest BCUT2D eigenvalue weighted by molar-refractivity contribution is 5.14. The van der Waals surface area contributed by atoms with Gasteiger partial charge in [-0.1, -0.05) is 6.92 Å². The molecule has 0 aliphatic carbocycles. The molecule has 4 nitrogen and oxygen atoms in total. The van der Waals surface area contributed by atoms with Crippen LogP contribution in [0, 0.1) is 0 Å². The molecule has 0 saturated carbocycles. The van der Waals surface area contributed by atoms with Gasteiger partial charge < -0.3 is 19.4 Å². The zero-order chi connectivity index (χ0) is 11.4. The number of morpholine rings is 1. The minimum Gasteiger partial charge on any atom is -0.472 e. The molecule has 1 aromatic heterocycles. The molecule has 2 atom stereocenters. The minimum absolute atomic E-state index is 0.205. The number of rotatable bonds is 4. The van der Waals surface area contributed by atoms with E-state index in [0.29, 0.717) is 0 Å². The first-order valence-electron chi connectivity index (χ1n) is 5.87. The lowest BCUT2D eigenvalue weighted by Crippen LogP contribution is -2.46. The van der Waals surface area contributed by atoms with Gasteiger partial charge in [0.05, 0.1) is 31.3 Å². The van der Waals surface area contributed by atoms with E-state index < -0.39 is 0 Å². The van der Waals surface area contributed by atoms with Gasteiger partial charge in [0.2, 0.25) is 0 Å². The van der Waals surface area contributed by atoms with Gasteiger partial charge in [0.1, 0.15) is 0 Å². The van der Waals surface area contributed by atoms with Crippen molar-refractivity contribution in [2.24, 2.45) is 0 Å². The number of furan rings is 1. The lowest BCUT2D eigenvalue weighted by atomic mass is 10.0. The molecular formula is C12H20N2O2. The summed E-state index contributed by atoms with van der Waals surface area (Å²) in [6.45, 7) is 5.82. The molecule has 2 heterocycles. The fourth-order valence-electron chi connectivity index (χ4n) is 2.15. The van der Waals surface area contributed by atoms with Gasteiger partial charge in [-0.15, -0.1) is 0 Å². The maximum absolute atomic E-state index is 5.84. The second-order valence-corrected chi connectivity index (χ2v) is 4.26. The largest absolute Gasteiger partial charge is 0.472 e. The molecule has 0 bridgehead atoms. The van der Waals surface area contributed by atoms with Crippen molar-refractivity contribution >= 4 is 0 Å². The molecule has 0 amide bonds. The van der Waals surface area contributed by atoms with Crippen LogP contribution < -0.4 is 5.32 Å². The van der Waals surface area contributed by atoms with E-state index in [4.69, 9.17) is 9.15 Å². The van der Waals surface area contributed by atoms with Crippen LogP contribution in [0.2, 0.25) is 0 Å². The quantitative estimate of drug-likeness (QED) is 0.835. The number of likely N-dealkylation sites (N-methyl/N-ethyl adjacent to an activating group) is 2. The molecule has 2 rings (SSSR count). The van der Waals surface area contributed by atoms with E-state index in [9.17, 15) is 0 Å². The first-order chi connectivity index (χ1) is 7.81. The van der Waals surface area contributed by atoms with Gasteiger partial charge in [0.25, 0.3) is 0 Å². The van der Waals surface area contributed by atoms with Gasteiger partial charge in [-0.2, -0.15) is 0 Å². The van der Waals surface area contributed by atoms with Gasteiger partial charge >= 0.3 is 0 Å². The Hall–Kier alpha value is -0.840. The Balaban J connectivity index is 2.06. The highest BCUT2D eigenvalue weighted by Crippen LogP contribution is 2.22. The summed E-state index contributed by atoms with van der Waals surface area (Å²) in [5, 5.41) is 3.46. The van der Waals surface area contributed by atoms with Gasteiger partial charge in [0, 0.05) is 18.7 Å². The van der Waals surface area contributed by atoms with Gasteiger partial charge in [0.15, 0.2) is 0 Å². The van der Waals surface area contributed by atoms with E-state index in [-0.39, 0.29) is 12.1 Å². The molecule has 4 heteroatoms. The van der Waals surface area contributed by atoms with Crippen LogP contribution in [-0.4, -0.2) is 44.3 Å². The summed E-state index contributed by atoms with van der Waals surface area (Å²) >= 11 is 0. The molecule has 1 saturated heterocycles. The number of ether oxygens (including phenoxy) is 1. The van der Waals surface area contributed by atoms with Crippen molar-refractivity contribution in [3.8, 4) is 0 Å². The molecule has 1 aliphatic rings. The Morgan fingerprint density at radius 2 is 2.50 bits per heavy atom. The average Bonchev–Trinajstić information content (AvgIpc) is 2.79. The second kappa shape index (κ2) is 5.48. The number of nitrogens with zero attached hydrogens (tertiary/aromatic N) is 1. The monoisotopic (exact) mass is 224 g/mol. The highest BCUT2D eigenvalue weighted by Gasteiger charge is 2.27. The molecular weight excluding hydrogens is 204 g/mol. The first kappa shape index (κ1) is 11.6. The fraction of sp³-hybridized carbons (Fsp3) is 0.667. The van der Waals surface area contributed by atoms with Gasteiger partial charge in [-0.25, -0.2) is 0 Å². The summed E-state index contributed by atoms with van der Waals surface area (Å²) in [6, 6.07) is 2.23. The topological polar surface area (TPSA) is 37.6 Å². The second-order valence-electron chi connectivity index (χ2n) is 4.26. The molecule has 2 unspecified atom stereocenters. The van der Waals surface area contributed by atoms with Crippen molar-refractivity contribution in [3.63, 3.8) is 0 Å². The van der Waals surface area contributed by atoms with Crippen molar-refractivity contribution < 1.29 is 9.15 Å². The maximum Gasteiger partial charge on any atom is 0.0951 e. The Morgan fingerprint density at radius 1 is 1.62 bits per heavy atom. The number of hydrogen-bond donors (Lipinski definition) is 1. The molecule has 0 radical (unpaired) electrons. The zero-order valence-corrected chi connectivity index (χ0v) is 9.98. The fourth-order valence-corrected chi connectivity index (χ4v) is 2.15. The SMILES string of the molecule is CCNC(c1ccoc1)C1CN(C)CCO1. The molecule has 1 aromatic rings. The van der Waals surface area contributed by atoms with E-state index in [1.807, 2.05) is 6.07 Å². The van der Waals surface area contributed by atoms with Crippen LogP contribution in [0.4, 0.5) is 0 Å². The smallest absolute Gasteiger partial charge is 0.0951 e. The Kier molecular flexibility index (Phi) is 3.98. The molecule has 0 spiro atoms. The predicted octanol–water partition coefficient (Wildman–Crippen LogP) is 1.26. The Morgan fingerprint density at radius 3 is 3.12 bits per heavy atom. The van der Waals surface area contributed by atoms with Crippen LogP contribution in [0.25, 0.3) is 0 Å². The summed E-state index contributed by atoms with van der Waals surface area (Å²) in [4.78, 5) is 2.30. The lowest BCUT2D eigenvalue weighted by Gasteiger charge is -2.35. The van der Waals surface area contributed by atoms with E-state index in [2.05, 4.69) is 24.2 Å². The third-order valence-electron chi connectivity index (χ3n) is 2.99. The number of hydrogen-bond acceptors (Lipinski definition) is 4. The molecule has 1 N–H and O–H groups in total. The molecule has 1 fully saturated rings. The molecule has 16 heavy (non-hydrogen) atoms. The summed E-state index contributed by atoms with van der Waals surface area (Å²) in [6.07, 6.45) is 3.72. The van der Waals surface area contributed by atoms with E-state index >= 15 is 0 Å². The average molecular weight is 224 g/mol. The zero-order valence-electron chi connectivity index (χ0n) is 9.98.